The average molecular weight is 358 g/mol. The summed E-state index contributed by atoms with van der Waals surface area (Å²) < 4.78 is 19.1. The summed E-state index contributed by atoms with van der Waals surface area (Å²) in [5.74, 6) is -0.605. The normalized spacial score (nSPS) is 10.5. The van der Waals surface area contributed by atoms with Crippen LogP contribution in [0.25, 0.3) is 0 Å². The summed E-state index contributed by atoms with van der Waals surface area (Å²) >= 11 is 0. The maximum absolute atomic E-state index is 13.5. The summed E-state index contributed by atoms with van der Waals surface area (Å²) in [6, 6.07) is 13.4. The van der Waals surface area contributed by atoms with Crippen LogP contribution in [0.4, 0.5) is 10.1 Å². The molecule has 0 spiro atoms. The van der Waals surface area contributed by atoms with E-state index in [2.05, 4.69) is 10.6 Å². The number of rotatable bonds is 8. The summed E-state index contributed by atoms with van der Waals surface area (Å²) in [6.07, 6.45) is 0.0213. The third-order valence-electron chi connectivity index (χ3n) is 3.52. The van der Waals surface area contributed by atoms with Crippen LogP contribution in [0.15, 0.2) is 48.5 Å². The van der Waals surface area contributed by atoms with Gasteiger partial charge in [0.2, 0.25) is 11.8 Å². The van der Waals surface area contributed by atoms with Crippen LogP contribution in [0, 0.1) is 5.82 Å². The predicted molar refractivity (Wildman–Crippen MR) is 98.6 cm³/mol. The van der Waals surface area contributed by atoms with Crippen LogP contribution < -0.4 is 15.4 Å². The molecule has 0 unspecified atom stereocenters. The summed E-state index contributed by atoms with van der Waals surface area (Å²) in [7, 11) is 0. The van der Waals surface area contributed by atoms with Crippen molar-refractivity contribution in [1.82, 2.24) is 5.32 Å². The molecule has 2 N–H and O–H groups in total. The number of benzene rings is 2. The van der Waals surface area contributed by atoms with Gasteiger partial charge in [-0.1, -0.05) is 30.3 Å². The van der Waals surface area contributed by atoms with Crippen LogP contribution in [0.3, 0.4) is 0 Å². The monoisotopic (exact) mass is 358 g/mol. The first kappa shape index (κ1) is 19.4. The largest absolute Gasteiger partial charge is 0.489 e. The van der Waals surface area contributed by atoms with Crippen molar-refractivity contribution in [3.05, 3.63) is 59.9 Å². The van der Waals surface area contributed by atoms with Crippen LogP contribution in [0.1, 0.15) is 25.8 Å². The first-order valence-electron chi connectivity index (χ1n) is 8.51. The van der Waals surface area contributed by atoms with Gasteiger partial charge in [0, 0.05) is 6.54 Å². The number of para-hydroxylation sites is 2. The molecular weight excluding hydrogens is 335 g/mol. The summed E-state index contributed by atoms with van der Waals surface area (Å²) in [6.45, 7) is 4.04. The Kier molecular flexibility index (Phi) is 7.14. The molecule has 2 aromatic carbocycles. The fraction of sp³-hybridized carbons (Fsp3) is 0.300. The minimum atomic E-state index is -0.437. The highest BCUT2D eigenvalue weighted by molar-refractivity contribution is 6.04. The molecule has 0 bridgehead atoms. The minimum absolute atomic E-state index is 0.0327. The minimum Gasteiger partial charge on any atom is -0.489 e. The van der Waals surface area contributed by atoms with Gasteiger partial charge in [-0.15, -0.1) is 0 Å². The molecule has 26 heavy (non-hydrogen) atoms. The van der Waals surface area contributed by atoms with Crippen molar-refractivity contribution >= 4 is 17.5 Å². The Bertz CT molecular complexity index is 762. The number of halogens is 1. The van der Waals surface area contributed by atoms with Gasteiger partial charge in [-0.2, -0.15) is 0 Å². The molecule has 0 aromatic heterocycles. The van der Waals surface area contributed by atoms with Gasteiger partial charge in [0.1, 0.15) is 18.0 Å². The molecule has 0 saturated carbocycles. The molecule has 0 aliphatic heterocycles. The second-order valence-electron chi connectivity index (χ2n) is 6.08. The topological polar surface area (TPSA) is 67.4 Å². The van der Waals surface area contributed by atoms with Crippen LogP contribution in [-0.4, -0.2) is 24.5 Å². The lowest BCUT2D eigenvalue weighted by atomic mass is 10.1. The molecule has 5 nitrogen and oxygen atoms in total. The van der Waals surface area contributed by atoms with E-state index in [0.29, 0.717) is 23.4 Å². The van der Waals surface area contributed by atoms with Gasteiger partial charge in [-0.05, 0) is 44.0 Å². The highest BCUT2D eigenvalue weighted by Crippen LogP contribution is 2.24. The summed E-state index contributed by atoms with van der Waals surface area (Å²) in [5, 5.41) is 5.30. The second kappa shape index (κ2) is 9.56. The van der Waals surface area contributed by atoms with Gasteiger partial charge in [-0.3, -0.25) is 9.59 Å². The molecule has 0 radical (unpaired) electrons. The zero-order valence-electron chi connectivity index (χ0n) is 14.9. The standard InChI is InChI=1S/C20H23FN2O3/c1-14(2)26-18-10-6-5-9-17(18)23-20(25)13-19(24)22-12-11-15-7-3-4-8-16(15)21/h3-10,14H,11-13H2,1-2H3,(H,22,24)(H,23,25). The van der Waals surface area contributed by atoms with E-state index in [-0.39, 0.29) is 24.9 Å². The van der Waals surface area contributed by atoms with Crippen molar-refractivity contribution in [2.24, 2.45) is 0 Å². The molecule has 0 aliphatic carbocycles. The Morgan fingerprint density at radius 1 is 1.04 bits per heavy atom. The molecule has 0 aliphatic rings. The third-order valence-corrected chi connectivity index (χ3v) is 3.52. The van der Waals surface area contributed by atoms with Gasteiger partial charge < -0.3 is 15.4 Å². The van der Waals surface area contributed by atoms with Crippen molar-refractivity contribution in [3.63, 3.8) is 0 Å². The second-order valence-corrected chi connectivity index (χ2v) is 6.08. The zero-order chi connectivity index (χ0) is 18.9. The van der Waals surface area contributed by atoms with Gasteiger partial charge in [0.05, 0.1) is 11.8 Å². The Morgan fingerprint density at radius 3 is 2.46 bits per heavy atom. The van der Waals surface area contributed by atoms with E-state index < -0.39 is 11.8 Å². The van der Waals surface area contributed by atoms with Crippen molar-refractivity contribution in [1.29, 1.82) is 0 Å². The SMILES string of the molecule is CC(C)Oc1ccccc1NC(=O)CC(=O)NCCc1ccccc1F. The van der Waals surface area contributed by atoms with E-state index >= 15 is 0 Å². The zero-order valence-corrected chi connectivity index (χ0v) is 14.9. The first-order valence-corrected chi connectivity index (χ1v) is 8.51. The van der Waals surface area contributed by atoms with E-state index in [0.717, 1.165) is 0 Å². The summed E-state index contributed by atoms with van der Waals surface area (Å²) in [4.78, 5) is 23.9. The Labute approximate surface area is 152 Å². The number of nitrogens with one attached hydrogen (secondary N) is 2. The smallest absolute Gasteiger partial charge is 0.233 e. The van der Waals surface area contributed by atoms with Crippen molar-refractivity contribution in [3.8, 4) is 5.75 Å². The van der Waals surface area contributed by atoms with Gasteiger partial charge in [0.15, 0.2) is 0 Å². The molecule has 2 aromatic rings. The van der Waals surface area contributed by atoms with E-state index in [4.69, 9.17) is 4.74 Å². The lowest BCUT2D eigenvalue weighted by Gasteiger charge is -2.14. The van der Waals surface area contributed by atoms with Crippen LogP contribution in [0.2, 0.25) is 0 Å². The van der Waals surface area contributed by atoms with E-state index in [1.807, 2.05) is 19.9 Å². The Hall–Kier alpha value is -2.89. The Morgan fingerprint density at radius 2 is 1.73 bits per heavy atom. The highest BCUT2D eigenvalue weighted by Gasteiger charge is 2.12. The molecule has 0 heterocycles. The molecule has 2 rings (SSSR count). The van der Waals surface area contributed by atoms with Crippen molar-refractivity contribution < 1.29 is 18.7 Å². The fourth-order valence-corrected chi connectivity index (χ4v) is 2.37. The lowest BCUT2D eigenvalue weighted by Crippen LogP contribution is -2.30. The number of hydrogen-bond acceptors (Lipinski definition) is 3. The molecule has 6 heteroatoms. The van der Waals surface area contributed by atoms with Crippen LogP contribution >= 0.6 is 0 Å². The lowest BCUT2D eigenvalue weighted by molar-refractivity contribution is -0.126. The molecule has 0 fully saturated rings. The number of carbonyl (C=O) groups excluding carboxylic acids is 2. The maximum atomic E-state index is 13.5. The third kappa shape index (κ3) is 6.20. The van der Waals surface area contributed by atoms with Crippen molar-refractivity contribution in [2.75, 3.05) is 11.9 Å². The highest BCUT2D eigenvalue weighted by atomic mass is 19.1. The quantitative estimate of drug-likeness (QED) is 0.712. The molecule has 138 valence electrons. The van der Waals surface area contributed by atoms with Gasteiger partial charge in [0.25, 0.3) is 0 Å². The molecule has 2 amide bonds. The fourth-order valence-electron chi connectivity index (χ4n) is 2.37. The molecule has 0 atom stereocenters. The van der Waals surface area contributed by atoms with E-state index in [9.17, 15) is 14.0 Å². The first-order chi connectivity index (χ1) is 12.5. The van der Waals surface area contributed by atoms with Gasteiger partial charge >= 0.3 is 0 Å². The van der Waals surface area contributed by atoms with Gasteiger partial charge in [-0.25, -0.2) is 4.39 Å². The number of carbonyl (C=O) groups is 2. The average Bonchev–Trinajstić information content (AvgIpc) is 2.58. The molecule has 0 saturated heterocycles. The maximum Gasteiger partial charge on any atom is 0.233 e. The number of anilines is 1. The van der Waals surface area contributed by atoms with E-state index in [1.54, 1.807) is 36.4 Å². The van der Waals surface area contributed by atoms with Crippen molar-refractivity contribution in [2.45, 2.75) is 32.8 Å². The number of ether oxygens (including phenoxy) is 1. The van der Waals surface area contributed by atoms with Crippen LogP contribution in [0.5, 0.6) is 5.75 Å². The number of hydrogen-bond donors (Lipinski definition) is 2. The molecular formula is C20H23FN2O3. The Balaban J connectivity index is 1.81. The van der Waals surface area contributed by atoms with Crippen LogP contribution in [-0.2, 0) is 16.0 Å². The predicted octanol–water partition coefficient (Wildman–Crippen LogP) is 3.30. The van der Waals surface area contributed by atoms with E-state index in [1.165, 1.54) is 6.07 Å². The summed E-state index contributed by atoms with van der Waals surface area (Å²) in [5.41, 5.74) is 1.04. The number of amides is 2.